The number of benzene rings is 2. The number of hydrogen-bond donors (Lipinski definition) is 1. The van der Waals surface area contributed by atoms with Crippen molar-refractivity contribution in [2.75, 3.05) is 0 Å². The Morgan fingerprint density at radius 2 is 1.71 bits per heavy atom. The molecule has 0 atom stereocenters. The van der Waals surface area contributed by atoms with E-state index in [4.69, 9.17) is 4.42 Å². The lowest BCUT2D eigenvalue weighted by atomic mass is 10.2. The van der Waals surface area contributed by atoms with Crippen LogP contribution in [0, 0.1) is 11.6 Å². The number of hydrogen-bond acceptors (Lipinski definition) is 3. The lowest BCUT2D eigenvalue weighted by Crippen LogP contribution is -2.30. The molecule has 0 unspecified atom stereocenters. The number of carbonyl (C=O) groups is 2. The molecule has 28 heavy (non-hydrogen) atoms. The van der Waals surface area contributed by atoms with Crippen LogP contribution in [0.3, 0.4) is 0 Å². The number of furan rings is 1. The second-order valence-electron chi connectivity index (χ2n) is 6.18. The van der Waals surface area contributed by atoms with E-state index >= 15 is 0 Å². The zero-order valence-corrected chi connectivity index (χ0v) is 14.5. The van der Waals surface area contributed by atoms with Gasteiger partial charge in [-0.05, 0) is 42.5 Å². The molecule has 0 bridgehead atoms. The highest BCUT2D eigenvalue weighted by Gasteiger charge is 2.34. The first-order valence-electron chi connectivity index (χ1n) is 8.45. The summed E-state index contributed by atoms with van der Waals surface area (Å²) in [6.07, 6.45) is 1.40. The number of nitrogens with one attached hydrogen (secondary N) is 1. The Balaban J connectivity index is 1.54. The van der Waals surface area contributed by atoms with Crippen molar-refractivity contribution in [2.24, 2.45) is 0 Å². The molecular weight excluding hydrogens is 366 g/mol. The molecule has 0 spiro atoms. The first-order valence-corrected chi connectivity index (χ1v) is 8.45. The Morgan fingerprint density at radius 3 is 2.46 bits per heavy atom. The minimum absolute atomic E-state index is 0.0290. The van der Waals surface area contributed by atoms with Crippen LogP contribution in [0.1, 0.15) is 11.3 Å². The van der Waals surface area contributed by atoms with Crippen molar-refractivity contribution in [3.05, 3.63) is 89.3 Å². The number of urea groups is 1. The molecule has 1 aliphatic rings. The molecule has 2 aromatic carbocycles. The minimum atomic E-state index is -0.634. The molecule has 7 heteroatoms. The number of halogens is 2. The summed E-state index contributed by atoms with van der Waals surface area (Å²) in [4.78, 5) is 25.6. The number of rotatable bonds is 4. The Kier molecular flexibility index (Phi) is 4.49. The molecule has 0 aliphatic carbocycles. The van der Waals surface area contributed by atoms with Crippen LogP contribution in [0.5, 0.6) is 0 Å². The molecule has 1 N–H and O–H groups in total. The second-order valence-corrected chi connectivity index (χ2v) is 6.18. The van der Waals surface area contributed by atoms with Crippen LogP contribution in [0.2, 0.25) is 0 Å². The minimum Gasteiger partial charge on any atom is -0.457 e. The molecule has 1 fully saturated rings. The van der Waals surface area contributed by atoms with Gasteiger partial charge in [0.25, 0.3) is 5.91 Å². The first-order chi connectivity index (χ1) is 13.5. The molecule has 2 heterocycles. The summed E-state index contributed by atoms with van der Waals surface area (Å²) in [7, 11) is 0. The van der Waals surface area contributed by atoms with E-state index in [0.717, 1.165) is 4.90 Å². The Labute approximate surface area is 158 Å². The third-order valence-corrected chi connectivity index (χ3v) is 4.29. The lowest BCUT2D eigenvalue weighted by Gasteiger charge is -2.12. The fraction of sp³-hybridized carbons (Fsp3) is 0.0476. The SMILES string of the molecule is O=C1NC(=Cc2ccc(-c3ccc(F)cc3)o2)C(=O)N1Cc1ccccc1F. The number of nitrogens with zero attached hydrogens (tertiary/aromatic N) is 1. The van der Waals surface area contributed by atoms with Gasteiger partial charge in [0.1, 0.15) is 28.9 Å². The van der Waals surface area contributed by atoms with Crippen LogP contribution in [0.25, 0.3) is 17.4 Å². The van der Waals surface area contributed by atoms with E-state index in [9.17, 15) is 18.4 Å². The van der Waals surface area contributed by atoms with E-state index in [2.05, 4.69) is 5.32 Å². The highest BCUT2D eigenvalue weighted by molar-refractivity contribution is 6.13. The maximum atomic E-state index is 13.8. The summed E-state index contributed by atoms with van der Waals surface area (Å²) in [6.45, 7) is -0.173. The van der Waals surface area contributed by atoms with Crippen molar-refractivity contribution in [1.82, 2.24) is 10.2 Å². The van der Waals surface area contributed by atoms with Crippen LogP contribution in [-0.4, -0.2) is 16.8 Å². The van der Waals surface area contributed by atoms with Crippen molar-refractivity contribution in [1.29, 1.82) is 0 Å². The highest BCUT2D eigenvalue weighted by atomic mass is 19.1. The van der Waals surface area contributed by atoms with E-state index in [1.807, 2.05) is 0 Å². The van der Waals surface area contributed by atoms with E-state index < -0.39 is 17.8 Å². The molecule has 1 saturated heterocycles. The Morgan fingerprint density at radius 1 is 0.964 bits per heavy atom. The quantitative estimate of drug-likeness (QED) is 0.542. The van der Waals surface area contributed by atoms with Gasteiger partial charge in [-0.15, -0.1) is 0 Å². The molecule has 1 aromatic heterocycles. The fourth-order valence-electron chi connectivity index (χ4n) is 2.85. The van der Waals surface area contributed by atoms with E-state index in [1.165, 1.54) is 36.4 Å². The standard InChI is InChI=1S/C21H14F2N2O3/c22-15-7-5-13(6-8-15)19-10-9-16(28-19)11-18-20(26)25(21(27)24-18)12-14-3-1-2-4-17(14)23/h1-11H,12H2,(H,24,27). The predicted octanol–water partition coefficient (Wildman–Crippen LogP) is 4.32. The molecule has 0 radical (unpaired) electrons. The van der Waals surface area contributed by atoms with Crippen LogP contribution in [0.15, 0.2) is 70.8 Å². The number of amides is 3. The van der Waals surface area contributed by atoms with Crippen molar-refractivity contribution in [3.63, 3.8) is 0 Å². The topological polar surface area (TPSA) is 62.6 Å². The van der Waals surface area contributed by atoms with Crippen LogP contribution in [-0.2, 0) is 11.3 Å². The van der Waals surface area contributed by atoms with Gasteiger partial charge in [0.05, 0.1) is 6.54 Å². The summed E-state index contributed by atoms with van der Waals surface area (Å²) in [6, 6.07) is 14.4. The Hall–Kier alpha value is -3.74. The van der Waals surface area contributed by atoms with Crippen molar-refractivity contribution in [2.45, 2.75) is 6.54 Å². The monoisotopic (exact) mass is 380 g/mol. The Bertz CT molecular complexity index is 1090. The fourth-order valence-corrected chi connectivity index (χ4v) is 2.85. The molecule has 3 amide bonds. The molecule has 140 valence electrons. The molecule has 0 saturated carbocycles. The molecular formula is C21H14F2N2O3. The summed E-state index contributed by atoms with van der Waals surface area (Å²) >= 11 is 0. The summed E-state index contributed by atoms with van der Waals surface area (Å²) in [5.74, 6) is -0.585. The van der Waals surface area contributed by atoms with Crippen LogP contribution in [0.4, 0.5) is 13.6 Å². The van der Waals surface area contributed by atoms with Gasteiger partial charge < -0.3 is 9.73 Å². The van der Waals surface area contributed by atoms with Crippen molar-refractivity contribution >= 4 is 18.0 Å². The molecule has 3 aromatic rings. The van der Waals surface area contributed by atoms with E-state index in [-0.39, 0.29) is 23.6 Å². The number of carbonyl (C=O) groups excluding carboxylic acids is 2. The van der Waals surface area contributed by atoms with Gasteiger partial charge in [0.15, 0.2) is 0 Å². The van der Waals surface area contributed by atoms with Gasteiger partial charge in [-0.2, -0.15) is 0 Å². The average molecular weight is 380 g/mol. The largest absolute Gasteiger partial charge is 0.457 e. The number of imide groups is 1. The maximum Gasteiger partial charge on any atom is 0.329 e. The molecule has 4 rings (SSSR count). The summed E-state index contributed by atoms with van der Waals surface area (Å²) < 4.78 is 32.5. The van der Waals surface area contributed by atoms with E-state index in [1.54, 1.807) is 30.3 Å². The predicted molar refractivity (Wildman–Crippen MR) is 97.6 cm³/mol. The van der Waals surface area contributed by atoms with Crippen LogP contribution >= 0.6 is 0 Å². The third kappa shape index (κ3) is 3.42. The van der Waals surface area contributed by atoms with Gasteiger partial charge in [-0.25, -0.2) is 13.6 Å². The molecule has 5 nitrogen and oxygen atoms in total. The smallest absolute Gasteiger partial charge is 0.329 e. The normalized spacial score (nSPS) is 15.4. The van der Waals surface area contributed by atoms with Gasteiger partial charge in [0, 0.05) is 17.2 Å². The summed E-state index contributed by atoms with van der Waals surface area (Å²) in [5, 5.41) is 2.46. The highest BCUT2D eigenvalue weighted by Crippen LogP contribution is 2.25. The van der Waals surface area contributed by atoms with Gasteiger partial charge in [0.2, 0.25) is 0 Å². The third-order valence-electron chi connectivity index (χ3n) is 4.29. The van der Waals surface area contributed by atoms with Gasteiger partial charge in [-0.1, -0.05) is 18.2 Å². The van der Waals surface area contributed by atoms with Crippen LogP contribution < -0.4 is 5.32 Å². The second kappa shape index (κ2) is 7.11. The molecule has 1 aliphatic heterocycles. The zero-order chi connectivity index (χ0) is 19.7. The van der Waals surface area contributed by atoms with Gasteiger partial charge >= 0.3 is 6.03 Å². The van der Waals surface area contributed by atoms with Crippen molar-refractivity contribution < 1.29 is 22.8 Å². The summed E-state index contributed by atoms with van der Waals surface area (Å²) in [5.41, 5.74) is 0.944. The maximum absolute atomic E-state index is 13.8. The van der Waals surface area contributed by atoms with Crippen molar-refractivity contribution in [3.8, 4) is 11.3 Å². The van der Waals surface area contributed by atoms with Gasteiger partial charge in [-0.3, -0.25) is 9.69 Å². The van der Waals surface area contributed by atoms with E-state index in [0.29, 0.717) is 17.1 Å². The average Bonchev–Trinajstić information content (AvgIpc) is 3.24. The lowest BCUT2D eigenvalue weighted by molar-refractivity contribution is -0.123. The zero-order valence-electron chi connectivity index (χ0n) is 14.5. The first kappa shape index (κ1) is 17.7.